The van der Waals surface area contributed by atoms with Crippen LogP contribution in [-0.2, 0) is 11.4 Å². The van der Waals surface area contributed by atoms with Crippen molar-refractivity contribution < 1.29 is 9.53 Å². The first kappa shape index (κ1) is 22.8. The summed E-state index contributed by atoms with van der Waals surface area (Å²) in [6, 6.07) is 21.2. The SMILES string of the molecule is Cc1ccc(NC(=O)/C(C#N)=C/c2cc(Br)cc(Br)c2OCc2ccccc2)c(C)c1. The second-order valence-electron chi connectivity index (χ2n) is 7.02. The maximum atomic E-state index is 12.8. The third kappa shape index (κ3) is 6.06. The van der Waals surface area contributed by atoms with E-state index in [0.717, 1.165) is 25.6 Å². The van der Waals surface area contributed by atoms with Crippen LogP contribution in [0.3, 0.4) is 0 Å². The van der Waals surface area contributed by atoms with Gasteiger partial charge in [-0.25, -0.2) is 0 Å². The van der Waals surface area contributed by atoms with E-state index in [1.807, 2.05) is 80.6 Å². The fourth-order valence-corrected chi connectivity index (χ4v) is 4.39. The van der Waals surface area contributed by atoms with E-state index < -0.39 is 5.91 Å². The van der Waals surface area contributed by atoms with E-state index in [4.69, 9.17) is 4.74 Å². The molecule has 31 heavy (non-hydrogen) atoms. The topological polar surface area (TPSA) is 62.1 Å². The molecular formula is C25H20Br2N2O2. The smallest absolute Gasteiger partial charge is 0.266 e. The fraction of sp³-hybridized carbons (Fsp3) is 0.120. The summed E-state index contributed by atoms with van der Waals surface area (Å²) >= 11 is 6.99. The Kier molecular flexibility index (Phi) is 7.67. The number of hydrogen-bond acceptors (Lipinski definition) is 3. The van der Waals surface area contributed by atoms with Crippen LogP contribution in [0, 0.1) is 25.2 Å². The van der Waals surface area contributed by atoms with Crippen LogP contribution < -0.4 is 10.1 Å². The van der Waals surface area contributed by atoms with Crippen molar-refractivity contribution in [3.63, 3.8) is 0 Å². The molecule has 3 aromatic rings. The Balaban J connectivity index is 1.90. The van der Waals surface area contributed by atoms with Gasteiger partial charge in [-0.2, -0.15) is 5.26 Å². The van der Waals surface area contributed by atoms with Crippen molar-refractivity contribution in [3.05, 3.63) is 97.4 Å². The first-order valence-corrected chi connectivity index (χ1v) is 11.1. The van der Waals surface area contributed by atoms with E-state index in [-0.39, 0.29) is 5.57 Å². The molecule has 0 aliphatic rings. The lowest BCUT2D eigenvalue weighted by atomic mass is 10.1. The van der Waals surface area contributed by atoms with Crippen molar-refractivity contribution in [2.45, 2.75) is 20.5 Å². The van der Waals surface area contributed by atoms with Crippen LogP contribution in [0.1, 0.15) is 22.3 Å². The maximum Gasteiger partial charge on any atom is 0.266 e. The Morgan fingerprint density at radius 1 is 1.10 bits per heavy atom. The Labute approximate surface area is 198 Å². The number of benzene rings is 3. The summed E-state index contributed by atoms with van der Waals surface area (Å²) in [6.07, 6.45) is 1.54. The molecule has 0 atom stereocenters. The van der Waals surface area contributed by atoms with Gasteiger partial charge in [0.2, 0.25) is 0 Å². The Bertz CT molecular complexity index is 1180. The number of hydrogen-bond donors (Lipinski definition) is 1. The maximum absolute atomic E-state index is 12.8. The van der Waals surface area contributed by atoms with Gasteiger partial charge in [-0.1, -0.05) is 64.0 Å². The lowest BCUT2D eigenvalue weighted by molar-refractivity contribution is -0.112. The highest BCUT2D eigenvalue weighted by Gasteiger charge is 2.15. The van der Waals surface area contributed by atoms with Crippen LogP contribution in [0.25, 0.3) is 6.08 Å². The number of rotatable bonds is 6. The number of carbonyl (C=O) groups is 1. The van der Waals surface area contributed by atoms with Gasteiger partial charge in [0.25, 0.3) is 5.91 Å². The van der Waals surface area contributed by atoms with Crippen LogP contribution in [-0.4, -0.2) is 5.91 Å². The summed E-state index contributed by atoms with van der Waals surface area (Å²) in [5.41, 5.74) is 4.32. The zero-order valence-corrected chi connectivity index (χ0v) is 20.2. The summed E-state index contributed by atoms with van der Waals surface area (Å²) in [6.45, 7) is 4.26. The molecule has 0 radical (unpaired) electrons. The monoisotopic (exact) mass is 538 g/mol. The Morgan fingerprint density at radius 3 is 2.52 bits per heavy atom. The molecule has 1 amide bonds. The van der Waals surface area contributed by atoms with Gasteiger partial charge in [0.15, 0.2) is 0 Å². The minimum Gasteiger partial charge on any atom is -0.487 e. The molecule has 0 unspecified atom stereocenters. The highest BCUT2D eigenvalue weighted by atomic mass is 79.9. The van der Waals surface area contributed by atoms with Crippen LogP contribution >= 0.6 is 31.9 Å². The van der Waals surface area contributed by atoms with Crippen molar-refractivity contribution in [2.75, 3.05) is 5.32 Å². The van der Waals surface area contributed by atoms with Gasteiger partial charge in [0.1, 0.15) is 24.0 Å². The third-order valence-corrected chi connectivity index (χ3v) is 5.61. The minimum atomic E-state index is -0.473. The molecule has 0 aliphatic carbocycles. The number of halogens is 2. The number of nitrogens with one attached hydrogen (secondary N) is 1. The van der Waals surface area contributed by atoms with Crippen LogP contribution in [0.2, 0.25) is 0 Å². The van der Waals surface area contributed by atoms with Gasteiger partial charge < -0.3 is 10.1 Å². The number of nitrogens with zero attached hydrogens (tertiary/aromatic N) is 1. The van der Waals surface area contributed by atoms with Gasteiger partial charge >= 0.3 is 0 Å². The first-order valence-electron chi connectivity index (χ1n) is 9.53. The fourth-order valence-electron chi connectivity index (χ4n) is 3.02. The third-order valence-electron chi connectivity index (χ3n) is 4.56. The van der Waals surface area contributed by atoms with Gasteiger partial charge in [0.05, 0.1) is 4.47 Å². The van der Waals surface area contributed by atoms with Gasteiger partial charge in [-0.3, -0.25) is 4.79 Å². The summed E-state index contributed by atoms with van der Waals surface area (Å²) < 4.78 is 7.55. The highest BCUT2D eigenvalue weighted by molar-refractivity contribution is 9.11. The van der Waals surface area contributed by atoms with Crippen LogP contribution in [0.4, 0.5) is 5.69 Å². The predicted octanol–water partition coefficient (Wildman–Crippen LogP) is 6.95. The average molecular weight is 540 g/mol. The number of nitriles is 1. The molecule has 0 fully saturated rings. The van der Waals surface area contributed by atoms with Crippen molar-refractivity contribution in [1.29, 1.82) is 5.26 Å². The molecular weight excluding hydrogens is 520 g/mol. The molecule has 0 saturated carbocycles. The Hall–Kier alpha value is -2.88. The number of amides is 1. The van der Waals surface area contributed by atoms with E-state index in [9.17, 15) is 10.1 Å². The molecule has 3 rings (SSSR count). The molecule has 1 N–H and O–H groups in total. The molecule has 4 nitrogen and oxygen atoms in total. The summed E-state index contributed by atoms with van der Waals surface area (Å²) in [5, 5.41) is 12.5. The lowest BCUT2D eigenvalue weighted by Gasteiger charge is -2.13. The van der Waals surface area contributed by atoms with Crippen molar-refractivity contribution in [3.8, 4) is 11.8 Å². The number of ether oxygens (including phenoxy) is 1. The largest absolute Gasteiger partial charge is 0.487 e. The zero-order valence-electron chi connectivity index (χ0n) is 17.1. The summed E-state index contributed by atoms with van der Waals surface area (Å²) in [7, 11) is 0. The lowest BCUT2D eigenvalue weighted by Crippen LogP contribution is -2.14. The molecule has 0 aliphatic heterocycles. The zero-order chi connectivity index (χ0) is 22.4. The van der Waals surface area contributed by atoms with Gasteiger partial charge in [-0.15, -0.1) is 0 Å². The average Bonchev–Trinajstić information content (AvgIpc) is 2.73. The number of aryl methyl sites for hydroxylation is 2. The van der Waals surface area contributed by atoms with Crippen LogP contribution in [0.15, 0.2) is 75.2 Å². The van der Waals surface area contributed by atoms with Crippen molar-refractivity contribution >= 4 is 49.5 Å². The van der Waals surface area contributed by atoms with Crippen molar-refractivity contribution in [1.82, 2.24) is 0 Å². The second kappa shape index (κ2) is 10.4. The van der Waals surface area contributed by atoms with E-state index in [2.05, 4.69) is 37.2 Å². The van der Waals surface area contributed by atoms with E-state index in [1.165, 1.54) is 6.08 Å². The van der Waals surface area contributed by atoms with E-state index in [1.54, 1.807) is 0 Å². The highest BCUT2D eigenvalue weighted by Crippen LogP contribution is 2.35. The van der Waals surface area contributed by atoms with Crippen molar-refractivity contribution in [2.24, 2.45) is 0 Å². The van der Waals surface area contributed by atoms with Gasteiger partial charge in [0, 0.05) is 15.7 Å². The van der Waals surface area contributed by atoms with E-state index >= 15 is 0 Å². The van der Waals surface area contributed by atoms with Gasteiger partial charge in [-0.05, 0) is 65.2 Å². The quantitative estimate of drug-likeness (QED) is 0.272. The van der Waals surface area contributed by atoms with E-state index in [0.29, 0.717) is 23.6 Å². The standard InChI is InChI=1S/C25H20Br2N2O2/c1-16-8-9-23(17(2)10-16)29-25(30)20(14-28)11-19-12-21(26)13-22(27)24(19)31-15-18-6-4-3-5-7-18/h3-13H,15H2,1-2H3,(H,29,30)/b20-11+. The Morgan fingerprint density at radius 2 is 1.84 bits per heavy atom. The molecule has 3 aromatic carbocycles. The first-order chi connectivity index (χ1) is 14.9. The molecule has 0 spiro atoms. The molecule has 6 heteroatoms. The second-order valence-corrected chi connectivity index (χ2v) is 8.79. The van der Waals surface area contributed by atoms with Crippen LogP contribution in [0.5, 0.6) is 5.75 Å². The normalized spacial score (nSPS) is 11.0. The number of carbonyl (C=O) groups excluding carboxylic acids is 1. The predicted molar refractivity (Wildman–Crippen MR) is 131 cm³/mol. The summed E-state index contributed by atoms with van der Waals surface area (Å²) in [5.74, 6) is 0.0821. The molecule has 0 bridgehead atoms. The summed E-state index contributed by atoms with van der Waals surface area (Å²) in [4.78, 5) is 12.8. The molecule has 156 valence electrons. The molecule has 0 aromatic heterocycles. The molecule has 0 heterocycles. The minimum absolute atomic E-state index is 0.0189. The molecule has 0 saturated heterocycles. The number of anilines is 1.